The Morgan fingerprint density at radius 1 is 1.08 bits per heavy atom. The molecule has 24 heavy (non-hydrogen) atoms. The summed E-state index contributed by atoms with van der Waals surface area (Å²) < 4.78 is 13.4. The number of fused-ring (bicyclic) bond motifs is 1. The Kier molecular flexibility index (Phi) is 4.93. The van der Waals surface area contributed by atoms with Gasteiger partial charge in [0.25, 0.3) is 0 Å². The Morgan fingerprint density at radius 3 is 2.54 bits per heavy atom. The lowest BCUT2D eigenvalue weighted by atomic mass is 9.97. The molecule has 0 aliphatic heterocycles. The topological polar surface area (TPSA) is 41.8 Å². The molecule has 0 radical (unpaired) electrons. The molecule has 1 aromatic heterocycles. The summed E-state index contributed by atoms with van der Waals surface area (Å²) in [6.07, 6.45) is 2.92. The van der Waals surface area contributed by atoms with Crippen LogP contribution in [0.5, 0.6) is 0 Å². The molecule has 0 aliphatic rings. The van der Waals surface area contributed by atoms with Gasteiger partial charge in [-0.1, -0.05) is 23.7 Å². The Bertz CT molecular complexity index is 883. The van der Waals surface area contributed by atoms with Crippen molar-refractivity contribution in [3.63, 3.8) is 0 Å². The number of hydrogen-bond acceptors (Lipinski definition) is 1. The molecule has 1 heterocycles. The Labute approximate surface area is 146 Å². The van der Waals surface area contributed by atoms with Gasteiger partial charge in [0, 0.05) is 16.5 Å². The van der Waals surface area contributed by atoms with Crippen molar-refractivity contribution in [3.8, 4) is 11.3 Å². The second-order valence-corrected chi connectivity index (χ2v) is 6.71. The Balaban J connectivity index is 2.24. The van der Waals surface area contributed by atoms with Crippen molar-refractivity contribution in [3.05, 3.63) is 57.9 Å². The fourth-order valence-corrected chi connectivity index (χ4v) is 3.57. The minimum Gasteiger partial charge on any atom is -0.354 e. The van der Waals surface area contributed by atoms with Crippen molar-refractivity contribution < 1.29 is 4.39 Å². The van der Waals surface area contributed by atoms with E-state index in [-0.39, 0.29) is 5.82 Å². The molecule has 0 saturated carbocycles. The van der Waals surface area contributed by atoms with E-state index < -0.39 is 0 Å². The highest BCUT2D eigenvalue weighted by molar-refractivity contribution is 6.33. The number of hydrogen-bond donors (Lipinski definition) is 2. The van der Waals surface area contributed by atoms with Crippen LogP contribution in [-0.2, 0) is 6.42 Å². The molecule has 0 fully saturated rings. The minimum atomic E-state index is -0.322. The first-order chi connectivity index (χ1) is 11.5. The Morgan fingerprint density at radius 2 is 1.83 bits per heavy atom. The summed E-state index contributed by atoms with van der Waals surface area (Å²) in [5.74, 6) is -0.322. The zero-order chi connectivity index (χ0) is 17.3. The van der Waals surface area contributed by atoms with E-state index in [0.717, 1.165) is 36.0 Å². The van der Waals surface area contributed by atoms with Crippen LogP contribution in [0.1, 0.15) is 29.5 Å². The number of rotatable bonds is 5. The number of halogens is 2. The first-order valence-corrected chi connectivity index (χ1v) is 8.67. The number of aromatic nitrogens is 1. The quantitative estimate of drug-likeness (QED) is 0.587. The highest BCUT2D eigenvalue weighted by atomic mass is 35.5. The van der Waals surface area contributed by atoms with Crippen LogP contribution >= 0.6 is 11.6 Å². The fraction of sp³-hybridized carbons (Fsp3) is 0.300. The predicted octanol–water partition coefficient (Wildman–Crippen LogP) is 5.53. The molecule has 0 spiro atoms. The van der Waals surface area contributed by atoms with E-state index in [4.69, 9.17) is 17.3 Å². The number of H-pyrrole nitrogens is 1. The van der Waals surface area contributed by atoms with Crippen molar-refractivity contribution in [2.24, 2.45) is 5.73 Å². The normalized spacial score (nSPS) is 11.4. The third kappa shape index (κ3) is 3.06. The van der Waals surface area contributed by atoms with Gasteiger partial charge in [0.2, 0.25) is 0 Å². The summed E-state index contributed by atoms with van der Waals surface area (Å²) in [7, 11) is 0. The molecule has 0 saturated heterocycles. The predicted molar refractivity (Wildman–Crippen MR) is 100 cm³/mol. The van der Waals surface area contributed by atoms with E-state index in [2.05, 4.69) is 31.0 Å². The molecule has 2 nitrogen and oxygen atoms in total. The second-order valence-electron chi connectivity index (χ2n) is 6.30. The first kappa shape index (κ1) is 17.0. The van der Waals surface area contributed by atoms with Crippen LogP contribution in [-0.4, -0.2) is 11.5 Å². The Hall–Kier alpha value is -1.84. The zero-order valence-electron chi connectivity index (χ0n) is 14.0. The number of aryl methyl sites for hydroxylation is 3. The number of aromatic amines is 1. The van der Waals surface area contributed by atoms with E-state index in [1.165, 1.54) is 34.2 Å². The lowest BCUT2D eigenvalue weighted by molar-refractivity contribution is 0.628. The second kappa shape index (κ2) is 6.96. The average molecular weight is 345 g/mol. The molecule has 126 valence electrons. The van der Waals surface area contributed by atoms with Crippen LogP contribution < -0.4 is 5.73 Å². The number of nitrogens with two attached hydrogens (primary N) is 1. The van der Waals surface area contributed by atoms with E-state index in [1.54, 1.807) is 6.07 Å². The van der Waals surface area contributed by atoms with Crippen LogP contribution in [0.2, 0.25) is 5.02 Å². The summed E-state index contributed by atoms with van der Waals surface area (Å²) in [5, 5.41) is 1.68. The third-order valence-corrected chi connectivity index (χ3v) is 4.87. The number of benzene rings is 2. The van der Waals surface area contributed by atoms with Gasteiger partial charge < -0.3 is 10.7 Å². The summed E-state index contributed by atoms with van der Waals surface area (Å²) in [5.41, 5.74) is 12.3. The van der Waals surface area contributed by atoms with Gasteiger partial charge in [0.05, 0.1) is 10.7 Å². The summed E-state index contributed by atoms with van der Waals surface area (Å²) in [4.78, 5) is 3.54. The zero-order valence-corrected chi connectivity index (χ0v) is 14.8. The third-order valence-electron chi connectivity index (χ3n) is 4.56. The maximum atomic E-state index is 13.4. The molecule has 0 amide bonds. The van der Waals surface area contributed by atoms with Crippen molar-refractivity contribution in [2.75, 3.05) is 6.54 Å². The van der Waals surface area contributed by atoms with Crippen molar-refractivity contribution in [1.29, 1.82) is 0 Å². The van der Waals surface area contributed by atoms with E-state index in [9.17, 15) is 4.39 Å². The molecular formula is C20H22ClFN2. The highest BCUT2D eigenvalue weighted by Crippen LogP contribution is 2.37. The smallest absolute Gasteiger partial charge is 0.124 e. The van der Waals surface area contributed by atoms with Gasteiger partial charge in [-0.25, -0.2) is 4.39 Å². The molecule has 3 aromatic rings. The highest BCUT2D eigenvalue weighted by Gasteiger charge is 2.18. The molecule has 0 bridgehead atoms. The lowest BCUT2D eigenvalue weighted by Crippen LogP contribution is -1.99. The number of unbranched alkanes of at least 4 members (excludes halogenated alkanes) is 1. The maximum Gasteiger partial charge on any atom is 0.124 e. The molecular weight excluding hydrogens is 323 g/mol. The molecule has 3 N–H and O–H groups in total. The largest absolute Gasteiger partial charge is 0.354 e. The van der Waals surface area contributed by atoms with Gasteiger partial charge in [-0.15, -0.1) is 0 Å². The van der Waals surface area contributed by atoms with Gasteiger partial charge in [-0.05, 0) is 74.5 Å². The van der Waals surface area contributed by atoms with Gasteiger partial charge >= 0.3 is 0 Å². The van der Waals surface area contributed by atoms with E-state index >= 15 is 0 Å². The van der Waals surface area contributed by atoms with Crippen LogP contribution in [0.3, 0.4) is 0 Å². The van der Waals surface area contributed by atoms with Gasteiger partial charge in [0.15, 0.2) is 0 Å². The van der Waals surface area contributed by atoms with Gasteiger partial charge in [0.1, 0.15) is 5.82 Å². The van der Waals surface area contributed by atoms with Crippen LogP contribution in [0.15, 0.2) is 30.3 Å². The van der Waals surface area contributed by atoms with Crippen molar-refractivity contribution in [2.45, 2.75) is 33.1 Å². The minimum absolute atomic E-state index is 0.322. The monoisotopic (exact) mass is 344 g/mol. The first-order valence-electron chi connectivity index (χ1n) is 8.29. The average Bonchev–Trinajstić information content (AvgIpc) is 2.92. The molecule has 2 aromatic carbocycles. The summed E-state index contributed by atoms with van der Waals surface area (Å²) >= 11 is 6.32. The van der Waals surface area contributed by atoms with Gasteiger partial charge in [-0.2, -0.15) is 0 Å². The molecule has 0 atom stereocenters. The van der Waals surface area contributed by atoms with Crippen LogP contribution in [0, 0.1) is 19.7 Å². The van der Waals surface area contributed by atoms with E-state index in [0.29, 0.717) is 11.6 Å². The molecule has 0 unspecified atom stereocenters. The molecule has 0 aliphatic carbocycles. The van der Waals surface area contributed by atoms with Gasteiger partial charge in [-0.3, -0.25) is 0 Å². The van der Waals surface area contributed by atoms with Crippen molar-refractivity contribution in [1.82, 2.24) is 4.98 Å². The lowest BCUT2D eigenvalue weighted by Gasteiger charge is -2.08. The standard InChI is InChI=1S/C20H22ClFN2/c1-12-6-7-13(2)19-18(12)16(5-3-4-10-23)20(24-19)15-9-8-14(22)11-17(15)21/h6-9,11,24H,3-5,10,23H2,1-2H3. The maximum absolute atomic E-state index is 13.4. The molecule has 3 rings (SSSR count). The summed E-state index contributed by atoms with van der Waals surface area (Å²) in [6, 6.07) is 8.84. The van der Waals surface area contributed by atoms with Crippen molar-refractivity contribution >= 4 is 22.5 Å². The summed E-state index contributed by atoms with van der Waals surface area (Å²) in [6.45, 7) is 4.91. The van der Waals surface area contributed by atoms with Crippen LogP contribution in [0.4, 0.5) is 4.39 Å². The fourth-order valence-electron chi connectivity index (χ4n) is 3.30. The SMILES string of the molecule is Cc1ccc(C)c2c(CCCCN)c(-c3ccc(F)cc3Cl)[nH]c12. The van der Waals surface area contributed by atoms with E-state index in [1.807, 2.05) is 0 Å². The number of nitrogens with one attached hydrogen (secondary N) is 1. The van der Waals surface area contributed by atoms with Crippen LogP contribution in [0.25, 0.3) is 22.2 Å². The molecule has 4 heteroatoms.